The number of benzene rings is 1. The maximum Gasteiger partial charge on any atom is 0.252 e. The van der Waals surface area contributed by atoms with Crippen LogP contribution < -0.4 is 5.32 Å². The van der Waals surface area contributed by atoms with E-state index in [4.69, 9.17) is 0 Å². The predicted octanol–water partition coefficient (Wildman–Crippen LogP) is 4.34. The number of hydrogen-bond donors (Lipinski definition) is 1. The van der Waals surface area contributed by atoms with Crippen LogP contribution in [0.3, 0.4) is 0 Å². The number of hydrogen-bond acceptors (Lipinski definition) is 2. The largest absolute Gasteiger partial charge is 0.344 e. The quantitative estimate of drug-likeness (QED) is 0.649. The zero-order chi connectivity index (χ0) is 16.3. The Morgan fingerprint density at radius 2 is 1.95 bits per heavy atom. The second kappa shape index (κ2) is 6.40. The van der Waals surface area contributed by atoms with Crippen LogP contribution in [0.15, 0.2) is 53.7 Å². The van der Waals surface area contributed by atoms with Gasteiger partial charge in [-0.3, -0.25) is 4.79 Å². The highest BCUT2D eigenvalue weighted by Gasteiger charge is 2.18. The van der Waals surface area contributed by atoms with Gasteiger partial charge in [-0.15, -0.1) is 6.58 Å². The first-order valence-corrected chi connectivity index (χ1v) is 7.50. The molecular weight excluding hydrogens is 347 g/mol. The molecular formula is C17H16BrFN2O. The minimum atomic E-state index is -0.511. The molecule has 0 atom stereocenters. The summed E-state index contributed by atoms with van der Waals surface area (Å²) in [6, 6.07) is 9.28. The molecule has 22 heavy (non-hydrogen) atoms. The molecule has 1 amide bonds. The highest BCUT2D eigenvalue weighted by Crippen LogP contribution is 2.22. The number of amides is 1. The first-order chi connectivity index (χ1) is 10.3. The third-order valence-electron chi connectivity index (χ3n) is 3.14. The lowest BCUT2D eigenvalue weighted by Crippen LogP contribution is -2.41. The lowest BCUT2D eigenvalue weighted by atomic mass is 10.0. The fourth-order valence-corrected chi connectivity index (χ4v) is 2.25. The molecule has 0 bridgehead atoms. The van der Waals surface area contributed by atoms with E-state index in [1.165, 1.54) is 12.1 Å². The maximum absolute atomic E-state index is 13.0. The zero-order valence-electron chi connectivity index (χ0n) is 12.4. The Hall–Kier alpha value is -2.01. The van der Waals surface area contributed by atoms with E-state index in [-0.39, 0.29) is 11.7 Å². The predicted molar refractivity (Wildman–Crippen MR) is 89.1 cm³/mol. The van der Waals surface area contributed by atoms with E-state index in [0.29, 0.717) is 15.9 Å². The molecule has 1 heterocycles. The Labute approximate surface area is 137 Å². The van der Waals surface area contributed by atoms with Gasteiger partial charge in [-0.1, -0.05) is 6.08 Å². The smallest absolute Gasteiger partial charge is 0.252 e. The number of aromatic nitrogens is 1. The van der Waals surface area contributed by atoms with Crippen molar-refractivity contribution >= 4 is 21.8 Å². The van der Waals surface area contributed by atoms with Crippen LogP contribution in [0.4, 0.5) is 4.39 Å². The molecule has 1 N–H and O–H groups in total. The van der Waals surface area contributed by atoms with Crippen molar-refractivity contribution < 1.29 is 9.18 Å². The first kappa shape index (κ1) is 16.4. The summed E-state index contributed by atoms with van der Waals surface area (Å²) in [5.41, 5.74) is 1.29. The van der Waals surface area contributed by atoms with Gasteiger partial charge in [0.1, 0.15) is 10.4 Å². The molecule has 0 spiro atoms. The highest BCUT2D eigenvalue weighted by molar-refractivity contribution is 9.10. The van der Waals surface area contributed by atoms with Gasteiger partial charge in [0.2, 0.25) is 0 Å². The van der Waals surface area contributed by atoms with Gasteiger partial charge in [0, 0.05) is 11.1 Å². The number of carbonyl (C=O) groups excluding carboxylic acids is 1. The Kier molecular flexibility index (Phi) is 4.76. The number of pyridine rings is 1. The third kappa shape index (κ3) is 4.01. The average molecular weight is 363 g/mol. The summed E-state index contributed by atoms with van der Waals surface area (Å²) >= 11 is 3.30. The lowest BCUT2D eigenvalue weighted by molar-refractivity contribution is 0.0927. The van der Waals surface area contributed by atoms with Gasteiger partial charge >= 0.3 is 0 Å². The zero-order valence-corrected chi connectivity index (χ0v) is 13.9. The number of carbonyl (C=O) groups is 1. The minimum absolute atomic E-state index is 0.226. The van der Waals surface area contributed by atoms with Gasteiger partial charge in [0.25, 0.3) is 5.91 Å². The average Bonchev–Trinajstić information content (AvgIpc) is 2.47. The summed E-state index contributed by atoms with van der Waals surface area (Å²) in [4.78, 5) is 16.7. The number of nitrogens with one attached hydrogen (secondary N) is 1. The molecule has 2 rings (SSSR count). The molecule has 1 aromatic heterocycles. The van der Waals surface area contributed by atoms with Crippen LogP contribution in [0.2, 0.25) is 0 Å². The van der Waals surface area contributed by atoms with Crippen LogP contribution in [0.25, 0.3) is 11.3 Å². The minimum Gasteiger partial charge on any atom is -0.344 e. The molecule has 0 unspecified atom stereocenters. The topological polar surface area (TPSA) is 42.0 Å². The van der Waals surface area contributed by atoms with E-state index < -0.39 is 5.54 Å². The maximum atomic E-state index is 13.0. The van der Waals surface area contributed by atoms with Crippen molar-refractivity contribution in [2.45, 2.75) is 19.4 Å². The molecule has 3 nitrogen and oxygen atoms in total. The van der Waals surface area contributed by atoms with Crippen molar-refractivity contribution in [3.8, 4) is 11.3 Å². The Morgan fingerprint density at radius 1 is 1.32 bits per heavy atom. The van der Waals surface area contributed by atoms with Gasteiger partial charge < -0.3 is 5.32 Å². The first-order valence-electron chi connectivity index (χ1n) is 6.70. The fourth-order valence-electron chi connectivity index (χ4n) is 1.81. The monoisotopic (exact) mass is 362 g/mol. The molecule has 0 aliphatic heterocycles. The molecule has 114 valence electrons. The molecule has 1 aromatic carbocycles. The van der Waals surface area contributed by atoms with Crippen LogP contribution in [0.1, 0.15) is 24.2 Å². The number of nitrogens with zero attached hydrogens (tertiary/aromatic N) is 1. The highest BCUT2D eigenvalue weighted by atomic mass is 79.9. The van der Waals surface area contributed by atoms with Crippen molar-refractivity contribution in [2.75, 3.05) is 0 Å². The summed E-state index contributed by atoms with van der Waals surface area (Å²) in [5, 5.41) is 2.87. The Morgan fingerprint density at radius 3 is 2.55 bits per heavy atom. The van der Waals surface area contributed by atoms with Crippen LogP contribution in [-0.4, -0.2) is 16.4 Å². The van der Waals surface area contributed by atoms with Gasteiger partial charge in [0.15, 0.2) is 0 Å². The van der Waals surface area contributed by atoms with E-state index >= 15 is 0 Å². The number of rotatable bonds is 4. The molecule has 0 fully saturated rings. The molecule has 0 radical (unpaired) electrons. The molecule has 0 aliphatic carbocycles. The van der Waals surface area contributed by atoms with Crippen molar-refractivity contribution in [3.63, 3.8) is 0 Å². The second-order valence-electron chi connectivity index (χ2n) is 5.45. The summed E-state index contributed by atoms with van der Waals surface area (Å²) in [6.45, 7) is 7.41. The van der Waals surface area contributed by atoms with Crippen LogP contribution >= 0.6 is 15.9 Å². The van der Waals surface area contributed by atoms with E-state index in [9.17, 15) is 9.18 Å². The normalized spacial score (nSPS) is 11.1. The van der Waals surface area contributed by atoms with Gasteiger partial charge in [-0.05, 0) is 66.2 Å². The van der Waals surface area contributed by atoms with Crippen molar-refractivity contribution in [1.29, 1.82) is 0 Å². The van der Waals surface area contributed by atoms with Crippen molar-refractivity contribution in [3.05, 3.63) is 65.0 Å². The SMILES string of the molecule is C=CC(C)(C)NC(=O)c1cc(Br)nc(-c2ccc(F)cc2)c1. The molecule has 0 saturated heterocycles. The van der Waals surface area contributed by atoms with Gasteiger partial charge in [-0.25, -0.2) is 9.37 Å². The third-order valence-corrected chi connectivity index (χ3v) is 3.55. The lowest BCUT2D eigenvalue weighted by Gasteiger charge is -2.22. The second-order valence-corrected chi connectivity index (χ2v) is 6.26. The molecule has 0 saturated carbocycles. The van der Waals surface area contributed by atoms with Crippen LogP contribution in [0, 0.1) is 5.82 Å². The standard InChI is InChI=1S/C17H16BrFN2O/c1-4-17(2,3)21-16(22)12-9-14(20-15(18)10-12)11-5-7-13(19)8-6-11/h4-10H,1H2,2-3H3,(H,21,22). The van der Waals surface area contributed by atoms with E-state index in [2.05, 4.69) is 32.8 Å². The fraction of sp³-hybridized carbons (Fsp3) is 0.176. The summed E-state index contributed by atoms with van der Waals surface area (Å²) < 4.78 is 13.5. The van der Waals surface area contributed by atoms with Crippen LogP contribution in [0.5, 0.6) is 0 Å². The van der Waals surface area contributed by atoms with E-state index in [1.807, 2.05) is 13.8 Å². The van der Waals surface area contributed by atoms with E-state index in [0.717, 1.165) is 5.56 Å². The van der Waals surface area contributed by atoms with Crippen LogP contribution in [-0.2, 0) is 0 Å². The molecule has 5 heteroatoms. The van der Waals surface area contributed by atoms with Gasteiger partial charge in [0.05, 0.1) is 11.2 Å². The summed E-state index contributed by atoms with van der Waals surface area (Å²) in [7, 11) is 0. The summed E-state index contributed by atoms with van der Waals surface area (Å²) in [6.07, 6.45) is 1.67. The summed E-state index contributed by atoms with van der Waals surface area (Å²) in [5.74, 6) is -0.541. The van der Waals surface area contributed by atoms with Crippen molar-refractivity contribution in [2.24, 2.45) is 0 Å². The van der Waals surface area contributed by atoms with E-state index in [1.54, 1.807) is 30.3 Å². The van der Waals surface area contributed by atoms with Crippen molar-refractivity contribution in [1.82, 2.24) is 10.3 Å². The molecule has 2 aromatic rings. The van der Waals surface area contributed by atoms with Gasteiger partial charge in [-0.2, -0.15) is 0 Å². The molecule has 0 aliphatic rings. The number of halogens is 2. The Bertz CT molecular complexity index is 711. The Balaban J connectivity index is 2.36.